The van der Waals surface area contributed by atoms with Gasteiger partial charge in [-0.3, -0.25) is 0 Å². The number of aromatic nitrogens is 2. The molecule has 2 rings (SSSR count). The fourth-order valence-corrected chi connectivity index (χ4v) is 2.67. The molecule has 0 bridgehead atoms. The van der Waals surface area contributed by atoms with Crippen molar-refractivity contribution in [2.45, 2.75) is 27.3 Å². The van der Waals surface area contributed by atoms with Crippen LogP contribution in [0.15, 0.2) is 22.7 Å². The highest BCUT2D eigenvalue weighted by molar-refractivity contribution is 9.10. The number of aryl methyl sites for hydroxylation is 2. The molecule has 1 aromatic carbocycles. The molecule has 2 aromatic rings. The topological polar surface area (TPSA) is 29.9 Å². The molecule has 0 aliphatic carbocycles. The van der Waals surface area contributed by atoms with Gasteiger partial charge in [0.05, 0.1) is 11.4 Å². The average molecular weight is 308 g/mol. The summed E-state index contributed by atoms with van der Waals surface area (Å²) in [6.07, 6.45) is 0. The Morgan fingerprint density at radius 1 is 1.28 bits per heavy atom. The maximum Gasteiger partial charge on any atom is 0.0678 e. The molecule has 0 radical (unpaired) electrons. The molecule has 96 valence electrons. The second kappa shape index (κ2) is 5.24. The van der Waals surface area contributed by atoms with Crippen LogP contribution in [0.25, 0.3) is 5.69 Å². The zero-order valence-corrected chi connectivity index (χ0v) is 12.8. The maximum absolute atomic E-state index is 4.65. The number of hydrogen-bond donors (Lipinski definition) is 1. The van der Waals surface area contributed by atoms with E-state index in [0.717, 1.165) is 22.4 Å². The molecule has 0 aliphatic heterocycles. The maximum atomic E-state index is 4.65. The summed E-state index contributed by atoms with van der Waals surface area (Å²) in [6.45, 7) is 7.14. The van der Waals surface area contributed by atoms with Crippen LogP contribution in [0.2, 0.25) is 0 Å². The molecular weight excluding hydrogens is 290 g/mol. The van der Waals surface area contributed by atoms with Crippen LogP contribution in [0.1, 0.15) is 22.5 Å². The number of halogens is 1. The molecule has 4 heteroatoms. The van der Waals surface area contributed by atoms with Crippen molar-refractivity contribution in [3.8, 4) is 5.69 Å². The molecule has 0 fully saturated rings. The third-order valence-corrected chi connectivity index (χ3v) is 3.68. The summed E-state index contributed by atoms with van der Waals surface area (Å²) in [5, 5.41) is 7.84. The van der Waals surface area contributed by atoms with Crippen molar-refractivity contribution < 1.29 is 0 Å². The third-order valence-electron chi connectivity index (χ3n) is 3.18. The lowest BCUT2D eigenvalue weighted by molar-refractivity contribution is 0.800. The normalized spacial score (nSPS) is 10.9. The minimum Gasteiger partial charge on any atom is -0.316 e. The van der Waals surface area contributed by atoms with E-state index in [1.165, 1.54) is 16.8 Å². The van der Waals surface area contributed by atoms with E-state index in [-0.39, 0.29) is 0 Å². The molecule has 0 atom stereocenters. The van der Waals surface area contributed by atoms with Crippen LogP contribution in [0, 0.1) is 20.8 Å². The predicted molar refractivity (Wildman–Crippen MR) is 78.2 cm³/mol. The quantitative estimate of drug-likeness (QED) is 0.943. The highest BCUT2D eigenvalue weighted by Crippen LogP contribution is 2.23. The number of hydrogen-bond acceptors (Lipinski definition) is 2. The largest absolute Gasteiger partial charge is 0.316 e. The molecule has 3 nitrogen and oxygen atoms in total. The summed E-state index contributed by atoms with van der Waals surface area (Å²) in [4.78, 5) is 0. The predicted octanol–water partition coefficient (Wildman–Crippen LogP) is 3.28. The number of rotatable bonds is 3. The second-order valence-electron chi connectivity index (χ2n) is 4.52. The Hall–Kier alpha value is -1.13. The molecule has 1 N–H and O–H groups in total. The van der Waals surface area contributed by atoms with E-state index >= 15 is 0 Å². The van der Waals surface area contributed by atoms with Crippen molar-refractivity contribution in [3.63, 3.8) is 0 Å². The number of nitrogens with one attached hydrogen (secondary N) is 1. The first-order valence-electron chi connectivity index (χ1n) is 6.00. The van der Waals surface area contributed by atoms with Crippen molar-refractivity contribution in [1.82, 2.24) is 15.1 Å². The van der Waals surface area contributed by atoms with E-state index in [2.05, 4.69) is 65.3 Å². The molecular formula is C14H18BrN3. The molecule has 1 aromatic heterocycles. The number of benzene rings is 1. The van der Waals surface area contributed by atoms with Gasteiger partial charge < -0.3 is 5.32 Å². The average Bonchev–Trinajstić information content (AvgIpc) is 2.58. The minimum atomic E-state index is 0.854. The van der Waals surface area contributed by atoms with Gasteiger partial charge in [-0.05, 0) is 51.6 Å². The summed E-state index contributed by atoms with van der Waals surface area (Å²) in [5.41, 5.74) is 5.92. The Morgan fingerprint density at radius 2 is 2.00 bits per heavy atom. The molecule has 1 heterocycles. The monoisotopic (exact) mass is 307 g/mol. The summed E-state index contributed by atoms with van der Waals surface area (Å²) < 4.78 is 3.13. The second-order valence-corrected chi connectivity index (χ2v) is 5.44. The smallest absolute Gasteiger partial charge is 0.0678 e. The highest BCUT2D eigenvalue weighted by atomic mass is 79.9. The molecule has 0 saturated heterocycles. The molecule has 0 spiro atoms. The highest BCUT2D eigenvalue weighted by Gasteiger charge is 2.13. The van der Waals surface area contributed by atoms with Gasteiger partial charge >= 0.3 is 0 Å². The van der Waals surface area contributed by atoms with Gasteiger partial charge in [0.25, 0.3) is 0 Å². The van der Waals surface area contributed by atoms with Crippen LogP contribution in [0.3, 0.4) is 0 Å². The first-order chi connectivity index (χ1) is 8.54. The Morgan fingerprint density at radius 3 is 2.61 bits per heavy atom. The SMILES string of the molecule is CNCc1c(C)nn(-c2ccc(Br)cc2C)c1C. The van der Waals surface area contributed by atoms with E-state index in [0.29, 0.717) is 0 Å². The van der Waals surface area contributed by atoms with E-state index in [1.807, 2.05) is 11.7 Å². The van der Waals surface area contributed by atoms with Crippen molar-refractivity contribution in [2.24, 2.45) is 0 Å². The molecule has 0 aliphatic rings. The number of nitrogens with zero attached hydrogens (tertiary/aromatic N) is 2. The third kappa shape index (κ3) is 2.35. The summed E-state index contributed by atoms with van der Waals surface area (Å²) >= 11 is 3.49. The van der Waals surface area contributed by atoms with Crippen LogP contribution in [0.4, 0.5) is 0 Å². The van der Waals surface area contributed by atoms with Crippen LogP contribution >= 0.6 is 15.9 Å². The van der Waals surface area contributed by atoms with Gasteiger partial charge in [-0.1, -0.05) is 15.9 Å². The minimum absolute atomic E-state index is 0.854. The molecule has 18 heavy (non-hydrogen) atoms. The lowest BCUT2D eigenvalue weighted by Crippen LogP contribution is -2.07. The molecule has 0 amide bonds. The molecule has 0 saturated carbocycles. The van der Waals surface area contributed by atoms with Crippen LogP contribution in [0.5, 0.6) is 0 Å². The first kappa shape index (κ1) is 13.3. The standard InChI is InChI=1S/C14H18BrN3/c1-9-7-12(15)5-6-14(9)18-11(3)13(8-16-4)10(2)17-18/h5-7,16H,8H2,1-4H3. The summed E-state index contributed by atoms with van der Waals surface area (Å²) in [6, 6.07) is 6.27. The molecule has 0 unspecified atom stereocenters. The lowest BCUT2D eigenvalue weighted by Gasteiger charge is -2.09. The Labute approximate surface area is 116 Å². The van der Waals surface area contributed by atoms with Gasteiger partial charge in [-0.15, -0.1) is 0 Å². The van der Waals surface area contributed by atoms with E-state index in [1.54, 1.807) is 0 Å². The van der Waals surface area contributed by atoms with Crippen LogP contribution < -0.4 is 5.32 Å². The zero-order valence-electron chi connectivity index (χ0n) is 11.2. The van der Waals surface area contributed by atoms with E-state index in [9.17, 15) is 0 Å². The van der Waals surface area contributed by atoms with Crippen molar-refractivity contribution in [1.29, 1.82) is 0 Å². The van der Waals surface area contributed by atoms with Gasteiger partial charge in [-0.25, -0.2) is 4.68 Å². The summed E-state index contributed by atoms with van der Waals surface area (Å²) in [5.74, 6) is 0. The van der Waals surface area contributed by atoms with Gasteiger partial charge in [0, 0.05) is 22.3 Å². The fraction of sp³-hybridized carbons (Fsp3) is 0.357. The van der Waals surface area contributed by atoms with Gasteiger partial charge in [0.1, 0.15) is 0 Å². The van der Waals surface area contributed by atoms with Crippen molar-refractivity contribution in [3.05, 3.63) is 45.2 Å². The van der Waals surface area contributed by atoms with Crippen molar-refractivity contribution >= 4 is 15.9 Å². The van der Waals surface area contributed by atoms with E-state index in [4.69, 9.17) is 0 Å². The fourth-order valence-electron chi connectivity index (χ4n) is 2.20. The van der Waals surface area contributed by atoms with Crippen LogP contribution in [-0.4, -0.2) is 16.8 Å². The van der Waals surface area contributed by atoms with Crippen LogP contribution in [-0.2, 0) is 6.54 Å². The Kier molecular flexibility index (Phi) is 3.88. The van der Waals surface area contributed by atoms with Crippen molar-refractivity contribution in [2.75, 3.05) is 7.05 Å². The zero-order chi connectivity index (χ0) is 13.3. The van der Waals surface area contributed by atoms with Gasteiger partial charge in [-0.2, -0.15) is 5.10 Å². The lowest BCUT2D eigenvalue weighted by atomic mass is 10.1. The van der Waals surface area contributed by atoms with E-state index < -0.39 is 0 Å². The van der Waals surface area contributed by atoms with Gasteiger partial charge in [0.15, 0.2) is 0 Å². The Bertz CT molecular complexity index is 573. The van der Waals surface area contributed by atoms with Gasteiger partial charge in [0.2, 0.25) is 0 Å². The first-order valence-corrected chi connectivity index (χ1v) is 6.80. The Balaban J connectivity index is 2.54. The summed E-state index contributed by atoms with van der Waals surface area (Å²) in [7, 11) is 1.96.